The van der Waals surface area contributed by atoms with Crippen LogP contribution < -0.4 is 5.32 Å². The third-order valence-electron chi connectivity index (χ3n) is 2.47. The lowest BCUT2D eigenvalue weighted by atomic mass is 10.3. The predicted molar refractivity (Wildman–Crippen MR) is 70.7 cm³/mol. The van der Waals surface area contributed by atoms with E-state index in [1.165, 1.54) is 5.38 Å². The van der Waals surface area contributed by atoms with Crippen LogP contribution in [0.5, 0.6) is 0 Å². The van der Waals surface area contributed by atoms with Gasteiger partial charge in [-0.2, -0.15) is 0 Å². The van der Waals surface area contributed by atoms with Crippen LogP contribution in [0.4, 0.5) is 13.6 Å². The number of hydrogen-bond donors (Lipinski definition) is 3. The van der Waals surface area contributed by atoms with Crippen molar-refractivity contribution < 1.29 is 28.6 Å². The smallest absolute Gasteiger partial charge is 0.355 e. The highest BCUT2D eigenvalue weighted by Crippen LogP contribution is 2.18. The monoisotopic (exact) mass is 323 g/mol. The van der Waals surface area contributed by atoms with E-state index >= 15 is 0 Å². The molecule has 118 valence electrons. The third kappa shape index (κ3) is 5.23. The first-order valence-corrected chi connectivity index (χ1v) is 6.86. The number of aromatic carboxylic acids is 1. The van der Waals surface area contributed by atoms with Gasteiger partial charge in [-0.15, -0.1) is 11.3 Å². The lowest BCUT2D eigenvalue weighted by molar-refractivity contribution is 0.0691. The summed E-state index contributed by atoms with van der Waals surface area (Å²) in [6, 6.07) is -1.40. The molecule has 0 spiro atoms. The topological polar surface area (TPSA) is 103 Å². The van der Waals surface area contributed by atoms with Crippen molar-refractivity contribution in [2.75, 3.05) is 19.7 Å². The summed E-state index contributed by atoms with van der Waals surface area (Å²) >= 11 is 1.04. The fourth-order valence-electron chi connectivity index (χ4n) is 1.49. The summed E-state index contributed by atoms with van der Waals surface area (Å²) in [6.07, 6.45) is -2.71. The molecule has 1 aromatic rings. The van der Waals surface area contributed by atoms with Gasteiger partial charge < -0.3 is 20.4 Å². The van der Waals surface area contributed by atoms with Gasteiger partial charge in [-0.25, -0.2) is 23.4 Å². The fourth-order valence-corrected chi connectivity index (χ4v) is 2.29. The van der Waals surface area contributed by atoms with Crippen molar-refractivity contribution in [1.82, 2.24) is 15.2 Å². The molecule has 0 aliphatic rings. The molecule has 1 aromatic heterocycles. The second kappa shape index (κ2) is 7.84. The number of aliphatic hydroxyl groups is 1. The first kappa shape index (κ1) is 17.2. The summed E-state index contributed by atoms with van der Waals surface area (Å²) in [6.45, 7) is 0.106. The molecule has 21 heavy (non-hydrogen) atoms. The lowest BCUT2D eigenvalue weighted by Gasteiger charge is -2.23. The van der Waals surface area contributed by atoms with Gasteiger partial charge in [0.15, 0.2) is 5.69 Å². The van der Waals surface area contributed by atoms with Crippen LogP contribution in [-0.2, 0) is 0 Å². The van der Waals surface area contributed by atoms with Crippen LogP contribution in [0.1, 0.15) is 28.5 Å². The summed E-state index contributed by atoms with van der Waals surface area (Å²) < 4.78 is 24.7. The van der Waals surface area contributed by atoms with Crippen LogP contribution in [0.25, 0.3) is 0 Å². The zero-order valence-electron chi connectivity index (χ0n) is 11.1. The van der Waals surface area contributed by atoms with E-state index in [9.17, 15) is 18.4 Å². The lowest BCUT2D eigenvalue weighted by Crippen LogP contribution is -2.44. The summed E-state index contributed by atoms with van der Waals surface area (Å²) in [5.74, 6) is -1.18. The number of urea groups is 1. The van der Waals surface area contributed by atoms with Gasteiger partial charge in [-0.3, -0.25) is 0 Å². The minimum absolute atomic E-state index is 0.143. The number of alkyl halides is 2. The number of aromatic nitrogens is 1. The summed E-state index contributed by atoms with van der Waals surface area (Å²) in [7, 11) is 0. The van der Waals surface area contributed by atoms with Gasteiger partial charge in [0, 0.05) is 11.9 Å². The van der Waals surface area contributed by atoms with Gasteiger partial charge in [0.2, 0.25) is 0 Å². The molecular formula is C11H15F2N3O4S. The Labute approximate surface area is 123 Å². The average Bonchev–Trinajstić information content (AvgIpc) is 2.87. The van der Waals surface area contributed by atoms with Crippen molar-refractivity contribution >= 4 is 23.3 Å². The van der Waals surface area contributed by atoms with Crippen molar-refractivity contribution in [3.63, 3.8) is 0 Å². The van der Waals surface area contributed by atoms with E-state index in [2.05, 4.69) is 10.3 Å². The maximum absolute atomic E-state index is 12.3. The molecule has 0 aliphatic carbocycles. The first-order chi connectivity index (χ1) is 9.85. The highest BCUT2D eigenvalue weighted by atomic mass is 32.1. The minimum atomic E-state index is -2.71. The molecule has 0 bridgehead atoms. The number of nitrogens with zero attached hydrogens (tertiary/aromatic N) is 2. The minimum Gasteiger partial charge on any atom is -0.476 e. The average molecular weight is 323 g/mol. The molecule has 3 N–H and O–H groups in total. The standard InChI is InChI=1S/C11H15F2N3O4S/c1-6(9-15-7(5-21-9)10(18)19)14-11(20)16(2-3-17)4-8(12)13/h5-6,8,17H,2-4H2,1H3,(H,14,20)(H,18,19). The van der Waals surface area contributed by atoms with Gasteiger partial charge in [-0.1, -0.05) is 0 Å². The van der Waals surface area contributed by atoms with E-state index in [0.29, 0.717) is 5.01 Å². The maximum Gasteiger partial charge on any atom is 0.355 e. The van der Waals surface area contributed by atoms with Crippen molar-refractivity contribution in [3.05, 3.63) is 16.1 Å². The van der Waals surface area contributed by atoms with E-state index < -0.39 is 37.6 Å². The number of hydrogen-bond acceptors (Lipinski definition) is 5. The van der Waals surface area contributed by atoms with E-state index in [1.54, 1.807) is 6.92 Å². The van der Waals surface area contributed by atoms with E-state index in [4.69, 9.17) is 10.2 Å². The Morgan fingerprint density at radius 1 is 1.52 bits per heavy atom. The Hall–Kier alpha value is -1.81. The molecule has 1 atom stereocenters. The summed E-state index contributed by atoms with van der Waals surface area (Å²) in [4.78, 5) is 27.1. The number of rotatable bonds is 7. The molecule has 10 heteroatoms. The van der Waals surface area contributed by atoms with Crippen molar-refractivity contribution in [3.8, 4) is 0 Å². The Morgan fingerprint density at radius 2 is 2.19 bits per heavy atom. The number of thiazole rings is 1. The first-order valence-electron chi connectivity index (χ1n) is 5.98. The molecule has 1 rings (SSSR count). The SMILES string of the molecule is CC(NC(=O)N(CCO)CC(F)F)c1nc(C(=O)O)cs1. The fraction of sp³-hybridized carbons (Fsp3) is 0.545. The molecule has 0 saturated carbocycles. The van der Waals surface area contributed by atoms with Crippen LogP contribution in [0, 0.1) is 0 Å². The Morgan fingerprint density at radius 3 is 2.67 bits per heavy atom. The van der Waals surface area contributed by atoms with Crippen LogP contribution in [0.15, 0.2) is 5.38 Å². The molecule has 0 fully saturated rings. The third-order valence-corrected chi connectivity index (χ3v) is 3.49. The molecule has 7 nitrogen and oxygen atoms in total. The Bertz CT molecular complexity index is 498. The number of amides is 2. The quantitative estimate of drug-likeness (QED) is 0.699. The second-order valence-electron chi connectivity index (χ2n) is 4.11. The molecule has 0 aromatic carbocycles. The van der Waals surface area contributed by atoms with Crippen LogP contribution in [0.2, 0.25) is 0 Å². The molecule has 1 unspecified atom stereocenters. The number of carbonyl (C=O) groups excluding carboxylic acids is 1. The highest BCUT2D eigenvalue weighted by Gasteiger charge is 2.21. The molecular weight excluding hydrogens is 308 g/mol. The van der Waals surface area contributed by atoms with E-state index in [1.807, 2.05) is 0 Å². The number of carbonyl (C=O) groups is 2. The van der Waals surface area contributed by atoms with Gasteiger partial charge in [0.05, 0.1) is 19.2 Å². The van der Waals surface area contributed by atoms with Gasteiger partial charge in [0.25, 0.3) is 6.43 Å². The zero-order chi connectivity index (χ0) is 16.0. The maximum atomic E-state index is 12.3. The summed E-state index contributed by atoms with van der Waals surface area (Å²) in [5, 5.41) is 21.6. The molecule has 1 heterocycles. The number of aliphatic hydroxyl groups excluding tert-OH is 1. The van der Waals surface area contributed by atoms with Gasteiger partial charge in [-0.05, 0) is 6.92 Å². The largest absolute Gasteiger partial charge is 0.476 e. The zero-order valence-corrected chi connectivity index (χ0v) is 11.9. The summed E-state index contributed by atoms with van der Waals surface area (Å²) in [5.41, 5.74) is -0.143. The second-order valence-corrected chi connectivity index (χ2v) is 5.00. The highest BCUT2D eigenvalue weighted by molar-refractivity contribution is 7.09. The molecule has 0 saturated heterocycles. The Balaban J connectivity index is 2.67. The number of carboxylic acid groups (broad SMARTS) is 1. The van der Waals surface area contributed by atoms with E-state index in [-0.39, 0.29) is 12.2 Å². The molecule has 0 aliphatic heterocycles. The van der Waals surface area contributed by atoms with Crippen molar-refractivity contribution in [1.29, 1.82) is 0 Å². The van der Waals surface area contributed by atoms with Crippen LogP contribution in [-0.4, -0.2) is 58.2 Å². The van der Waals surface area contributed by atoms with Crippen molar-refractivity contribution in [2.24, 2.45) is 0 Å². The number of nitrogens with one attached hydrogen (secondary N) is 1. The number of halogens is 2. The molecule has 2 amide bonds. The Kier molecular flexibility index (Phi) is 6.43. The van der Waals surface area contributed by atoms with Crippen molar-refractivity contribution in [2.45, 2.75) is 19.4 Å². The van der Waals surface area contributed by atoms with Crippen LogP contribution >= 0.6 is 11.3 Å². The van der Waals surface area contributed by atoms with Crippen LogP contribution in [0.3, 0.4) is 0 Å². The van der Waals surface area contributed by atoms with E-state index in [0.717, 1.165) is 16.2 Å². The number of carboxylic acids is 1. The molecule has 0 radical (unpaired) electrons. The predicted octanol–water partition coefficient (Wildman–Crippen LogP) is 1.17. The van der Waals surface area contributed by atoms with Gasteiger partial charge in [0.1, 0.15) is 5.01 Å². The normalized spacial score (nSPS) is 12.2. The van der Waals surface area contributed by atoms with Gasteiger partial charge >= 0.3 is 12.0 Å².